The average molecular weight is 920 g/mol. The number of hydrogen-bond donors (Lipinski definition) is 4. The third kappa shape index (κ3) is 9.25. The number of nitrogens with one attached hydrogen (secondary N) is 1. The van der Waals surface area contributed by atoms with Gasteiger partial charge in [0.05, 0.1) is 35.2 Å². The maximum Gasteiger partial charge on any atom is 0.408 e. The van der Waals surface area contributed by atoms with Crippen molar-refractivity contribution < 1.29 is 72.5 Å². The lowest BCUT2D eigenvalue weighted by molar-refractivity contribution is -0.313. The summed E-state index contributed by atoms with van der Waals surface area (Å²) < 4.78 is 36.4. The molecule has 2 unspecified atom stereocenters. The Morgan fingerprint density at radius 1 is 0.909 bits per heavy atom. The van der Waals surface area contributed by atoms with Crippen LogP contribution in [0.5, 0.6) is 0 Å². The van der Waals surface area contributed by atoms with Crippen LogP contribution in [0.25, 0.3) is 0 Å². The van der Waals surface area contributed by atoms with Gasteiger partial charge in [-0.05, 0) is 76.3 Å². The number of hydrogen-bond acceptors (Lipinski definition) is 15. The van der Waals surface area contributed by atoms with Crippen LogP contribution in [-0.2, 0) is 47.6 Å². The molecular formula is C50H65NO15. The van der Waals surface area contributed by atoms with Gasteiger partial charge in [0.1, 0.15) is 41.7 Å². The number of alkyl carbamates (subject to hydrolysis) is 1. The van der Waals surface area contributed by atoms with Gasteiger partial charge >= 0.3 is 30.0 Å². The Labute approximate surface area is 385 Å². The zero-order chi connectivity index (χ0) is 48.6. The molecule has 4 N–H and O–H groups in total. The van der Waals surface area contributed by atoms with Crippen LogP contribution in [0, 0.1) is 16.2 Å². The van der Waals surface area contributed by atoms with Crippen molar-refractivity contribution in [2.75, 3.05) is 6.61 Å². The number of fused-ring (bicyclic) bond motifs is 3. The van der Waals surface area contributed by atoms with Gasteiger partial charge in [-0.3, -0.25) is 14.4 Å². The largest absolute Gasteiger partial charge is 0.459 e. The molecule has 0 radical (unpaired) electrons. The summed E-state index contributed by atoms with van der Waals surface area (Å²) in [5.41, 5.74) is -8.55. The topological polar surface area (TPSA) is 231 Å². The first-order valence-corrected chi connectivity index (χ1v) is 22.8. The quantitative estimate of drug-likeness (QED) is 0.0808. The van der Waals surface area contributed by atoms with Crippen molar-refractivity contribution in [2.45, 2.75) is 167 Å². The van der Waals surface area contributed by atoms with Crippen LogP contribution in [0.1, 0.15) is 129 Å². The van der Waals surface area contributed by atoms with E-state index in [-0.39, 0.29) is 42.6 Å². The molecule has 3 fully saturated rings. The normalized spacial score (nSPS) is 31.1. The Kier molecular flexibility index (Phi) is 14.6. The number of amides is 1. The van der Waals surface area contributed by atoms with E-state index in [1.165, 1.54) is 26.0 Å². The summed E-state index contributed by atoms with van der Waals surface area (Å²) in [5, 5.41) is 41.2. The number of ether oxygens (including phenoxy) is 6. The molecule has 16 nitrogen and oxygen atoms in total. The maximum atomic E-state index is 15.4. The number of carbonyl (C=O) groups excluding carboxylic acids is 6. The molecule has 4 aliphatic rings. The summed E-state index contributed by atoms with van der Waals surface area (Å²) in [6, 6.07) is 14.8. The van der Waals surface area contributed by atoms with Crippen molar-refractivity contribution in [3.8, 4) is 0 Å². The molecular weight excluding hydrogens is 855 g/mol. The number of benzene rings is 2. The molecule has 1 spiro atoms. The molecule has 3 aliphatic carbocycles. The van der Waals surface area contributed by atoms with Crippen molar-refractivity contribution in [2.24, 2.45) is 16.2 Å². The SMILES string of the molecule is CCCCCC(=O)O[C@@H](C(=O)O[C@H]1C[C@@]2(O)[C@@H](OC(=O)c3ccccc3)C34C[C@@H](C[C@H](O)[C@@]3(C)C(=O)[C@H](O)C(=C1C)C2(C)C)OCC4OC(C)=O)[C@@H](NC(=O)OC(C)(C)C)c1ccccc1. The number of aliphatic hydroxyl groups is 3. The summed E-state index contributed by atoms with van der Waals surface area (Å²) in [6.45, 7) is 13.9. The van der Waals surface area contributed by atoms with E-state index < -0.39 is 118 Å². The third-order valence-electron chi connectivity index (χ3n) is 14.2. The smallest absolute Gasteiger partial charge is 0.408 e. The number of carbonyl (C=O) groups is 6. The Balaban J connectivity index is 1.54. The number of ketones is 1. The number of unbranched alkanes of at least 4 members (excludes halogenated alkanes) is 2. The molecule has 2 aromatic rings. The van der Waals surface area contributed by atoms with Crippen molar-refractivity contribution in [1.82, 2.24) is 5.32 Å². The van der Waals surface area contributed by atoms with Crippen LogP contribution in [0.2, 0.25) is 0 Å². The second-order valence-electron chi connectivity index (χ2n) is 19.8. The Hall–Kier alpha value is -5.16. The number of esters is 4. The molecule has 11 atom stereocenters. The molecule has 66 heavy (non-hydrogen) atoms. The highest BCUT2D eigenvalue weighted by atomic mass is 16.6. The maximum absolute atomic E-state index is 15.4. The van der Waals surface area contributed by atoms with Gasteiger partial charge in [0.15, 0.2) is 5.78 Å². The summed E-state index contributed by atoms with van der Waals surface area (Å²) in [4.78, 5) is 84.7. The second-order valence-corrected chi connectivity index (χ2v) is 19.8. The van der Waals surface area contributed by atoms with Crippen molar-refractivity contribution >= 4 is 35.8 Å². The lowest BCUT2D eigenvalue weighted by atomic mass is 9.40. The lowest BCUT2D eigenvalue weighted by Crippen LogP contribution is -2.80. The van der Waals surface area contributed by atoms with Crippen LogP contribution in [-0.4, -0.2) is 112 Å². The number of rotatable bonds is 13. The van der Waals surface area contributed by atoms with Gasteiger partial charge < -0.3 is 49.1 Å². The Morgan fingerprint density at radius 2 is 1.55 bits per heavy atom. The zero-order valence-corrected chi connectivity index (χ0v) is 39.3. The molecule has 2 aromatic carbocycles. The van der Waals surface area contributed by atoms with Crippen molar-refractivity contribution in [3.63, 3.8) is 0 Å². The predicted octanol–water partition coefficient (Wildman–Crippen LogP) is 5.78. The van der Waals surface area contributed by atoms with Crippen LogP contribution >= 0.6 is 0 Å². The first-order chi connectivity index (χ1) is 30.9. The Bertz CT molecular complexity index is 2180. The van der Waals surface area contributed by atoms with Crippen LogP contribution in [0.3, 0.4) is 0 Å². The highest BCUT2D eigenvalue weighted by molar-refractivity contribution is 5.94. The van der Waals surface area contributed by atoms with Gasteiger partial charge in [0.2, 0.25) is 6.10 Å². The number of Topliss-reactive ketones (excluding diaryl/α,β-unsaturated/α-hetero) is 1. The number of aliphatic hydroxyl groups excluding tert-OH is 2. The van der Waals surface area contributed by atoms with E-state index in [0.29, 0.717) is 18.4 Å². The minimum atomic E-state index is -2.41. The average Bonchev–Trinajstić information content (AvgIpc) is 3.25. The van der Waals surface area contributed by atoms with E-state index in [1.54, 1.807) is 83.1 Å². The molecule has 4 bridgehead atoms. The highest BCUT2D eigenvalue weighted by Gasteiger charge is 2.78. The van der Waals surface area contributed by atoms with E-state index in [2.05, 4.69) is 5.32 Å². The van der Waals surface area contributed by atoms with Crippen LogP contribution < -0.4 is 5.32 Å². The standard InChI is InChI=1S/C50H65NO15/c1-10-11-14-23-36(54)64-40(38(30-19-15-12-16-20-30)51-45(59)66-46(4,5)6)43(58)63-33-26-50(60)44(65-42(57)31-21-17-13-18-22-31)49-25-32(61-27-35(49)62-29(3)52)24-34(53)48(49,9)41(56)39(55)37(28(33)2)47(50,7)8/h12-13,15-22,32-35,38-40,44,53,55,60H,10-11,14,23-27H2,1-9H3,(H,51,59)/t32-,33+,34+,35?,38+,39-,40-,44+,48+,49?,50-/m1/s1. The summed E-state index contributed by atoms with van der Waals surface area (Å²) >= 11 is 0. The van der Waals surface area contributed by atoms with E-state index in [9.17, 15) is 39.3 Å². The van der Waals surface area contributed by atoms with Gasteiger partial charge in [-0.1, -0.05) is 82.1 Å². The molecule has 16 heteroatoms. The van der Waals surface area contributed by atoms with Crippen molar-refractivity contribution in [1.29, 1.82) is 0 Å². The van der Waals surface area contributed by atoms with Gasteiger partial charge in [-0.25, -0.2) is 14.4 Å². The summed E-state index contributed by atoms with van der Waals surface area (Å²) in [5.74, 6) is -4.53. The van der Waals surface area contributed by atoms with Gasteiger partial charge in [0, 0.05) is 31.6 Å². The fourth-order valence-electron chi connectivity index (χ4n) is 10.8. The van der Waals surface area contributed by atoms with Crippen LogP contribution in [0.15, 0.2) is 71.8 Å². The third-order valence-corrected chi connectivity index (χ3v) is 14.2. The molecule has 1 amide bonds. The monoisotopic (exact) mass is 919 g/mol. The van der Waals surface area contributed by atoms with Crippen molar-refractivity contribution in [3.05, 3.63) is 82.9 Å². The minimum Gasteiger partial charge on any atom is -0.459 e. The van der Waals surface area contributed by atoms with E-state index in [4.69, 9.17) is 28.4 Å². The molecule has 0 aromatic heterocycles. The molecule has 2 saturated carbocycles. The van der Waals surface area contributed by atoms with E-state index in [0.717, 1.165) is 13.3 Å². The predicted molar refractivity (Wildman–Crippen MR) is 236 cm³/mol. The lowest BCUT2D eigenvalue weighted by Gasteiger charge is -2.68. The fraction of sp³-hybridized carbons (Fsp3) is 0.600. The van der Waals surface area contributed by atoms with Gasteiger partial charge in [0.25, 0.3) is 0 Å². The zero-order valence-electron chi connectivity index (χ0n) is 39.3. The van der Waals surface area contributed by atoms with E-state index >= 15 is 4.79 Å². The van der Waals surface area contributed by atoms with Crippen LogP contribution in [0.4, 0.5) is 4.79 Å². The molecule has 360 valence electrons. The summed E-state index contributed by atoms with van der Waals surface area (Å²) in [6.07, 6.45) is -10.8. The molecule has 1 heterocycles. The highest BCUT2D eigenvalue weighted by Crippen LogP contribution is 2.67. The minimum absolute atomic E-state index is 0.0598. The molecule has 1 saturated heterocycles. The first-order valence-electron chi connectivity index (χ1n) is 22.8. The van der Waals surface area contributed by atoms with Gasteiger partial charge in [-0.2, -0.15) is 0 Å². The summed E-state index contributed by atoms with van der Waals surface area (Å²) in [7, 11) is 0. The fourth-order valence-corrected chi connectivity index (χ4v) is 10.8. The molecule has 6 rings (SSSR count). The van der Waals surface area contributed by atoms with Gasteiger partial charge in [-0.15, -0.1) is 0 Å². The second kappa shape index (κ2) is 19.2. The first kappa shape index (κ1) is 50.3. The van der Waals surface area contributed by atoms with E-state index in [1.807, 2.05) is 6.92 Å². The molecule has 1 aliphatic heterocycles. The Morgan fingerprint density at radius 3 is 2.15 bits per heavy atom.